The highest BCUT2D eigenvalue weighted by atomic mass is 32.2. The standard InChI is InChI=1S/C15H18N2O7S/c1-25(23,24)12-7-10(6-11(8-12)17(21)22)14(20)16-15(9-13(18)19)4-2-3-5-15/h6-8H,2-5,9H2,1H3,(H,16,20)(H,18,19). The summed E-state index contributed by atoms with van der Waals surface area (Å²) in [5, 5.41) is 22.7. The van der Waals surface area contributed by atoms with Crippen LogP contribution in [-0.4, -0.2) is 42.1 Å². The van der Waals surface area contributed by atoms with Crippen LogP contribution in [0.25, 0.3) is 0 Å². The van der Waals surface area contributed by atoms with Crippen molar-refractivity contribution in [1.82, 2.24) is 5.32 Å². The summed E-state index contributed by atoms with van der Waals surface area (Å²) < 4.78 is 23.4. The molecule has 0 spiro atoms. The molecule has 0 bridgehead atoms. The van der Waals surface area contributed by atoms with Crippen LogP contribution >= 0.6 is 0 Å². The van der Waals surface area contributed by atoms with Gasteiger partial charge in [0.05, 0.1) is 21.8 Å². The third kappa shape index (κ3) is 4.53. The van der Waals surface area contributed by atoms with E-state index in [-0.39, 0.29) is 16.9 Å². The van der Waals surface area contributed by atoms with Gasteiger partial charge in [-0.15, -0.1) is 0 Å². The molecule has 1 amide bonds. The number of rotatable bonds is 6. The molecule has 1 fully saturated rings. The number of benzene rings is 1. The summed E-state index contributed by atoms with van der Waals surface area (Å²) in [6.45, 7) is 0. The molecule has 1 aliphatic carbocycles. The van der Waals surface area contributed by atoms with Gasteiger partial charge in [0.15, 0.2) is 9.84 Å². The van der Waals surface area contributed by atoms with E-state index in [1.54, 1.807) is 0 Å². The number of hydrogen-bond acceptors (Lipinski definition) is 6. The second kappa shape index (κ2) is 6.79. The molecule has 136 valence electrons. The fraction of sp³-hybridized carbons (Fsp3) is 0.467. The lowest BCUT2D eigenvalue weighted by Gasteiger charge is -2.28. The van der Waals surface area contributed by atoms with Crippen LogP contribution in [0.3, 0.4) is 0 Å². The van der Waals surface area contributed by atoms with Crippen LogP contribution in [0.5, 0.6) is 0 Å². The van der Waals surface area contributed by atoms with Gasteiger partial charge in [-0.2, -0.15) is 0 Å². The van der Waals surface area contributed by atoms with Crippen LogP contribution in [0.2, 0.25) is 0 Å². The minimum absolute atomic E-state index is 0.189. The summed E-state index contributed by atoms with van der Waals surface area (Å²) in [7, 11) is -3.75. The van der Waals surface area contributed by atoms with Gasteiger partial charge in [0.1, 0.15) is 0 Å². The zero-order valence-corrected chi connectivity index (χ0v) is 14.3. The summed E-state index contributed by atoms with van der Waals surface area (Å²) in [6.07, 6.45) is 3.12. The number of carbonyl (C=O) groups is 2. The smallest absolute Gasteiger partial charge is 0.305 e. The lowest BCUT2D eigenvalue weighted by Crippen LogP contribution is -2.47. The Bertz CT molecular complexity index is 826. The van der Waals surface area contributed by atoms with Gasteiger partial charge in [-0.05, 0) is 18.9 Å². The number of nitrogens with zero attached hydrogens (tertiary/aromatic N) is 1. The normalized spacial score (nSPS) is 16.4. The van der Waals surface area contributed by atoms with E-state index in [1.165, 1.54) is 0 Å². The number of non-ortho nitro benzene ring substituents is 1. The number of carboxylic acids is 1. The van der Waals surface area contributed by atoms with E-state index in [0.29, 0.717) is 12.8 Å². The van der Waals surface area contributed by atoms with E-state index in [1.807, 2.05) is 0 Å². The Morgan fingerprint density at radius 3 is 2.36 bits per heavy atom. The number of sulfone groups is 1. The maximum absolute atomic E-state index is 12.5. The highest BCUT2D eigenvalue weighted by molar-refractivity contribution is 7.90. The quantitative estimate of drug-likeness (QED) is 0.570. The molecule has 10 heteroatoms. The maximum atomic E-state index is 12.5. The van der Waals surface area contributed by atoms with Crippen molar-refractivity contribution in [1.29, 1.82) is 0 Å². The molecule has 9 nitrogen and oxygen atoms in total. The lowest BCUT2D eigenvalue weighted by molar-refractivity contribution is -0.385. The Kier molecular flexibility index (Phi) is 5.12. The first-order valence-electron chi connectivity index (χ1n) is 7.56. The number of amides is 1. The third-order valence-electron chi connectivity index (χ3n) is 4.22. The van der Waals surface area contributed by atoms with Crippen LogP contribution < -0.4 is 5.32 Å². The van der Waals surface area contributed by atoms with Crippen molar-refractivity contribution < 1.29 is 28.0 Å². The van der Waals surface area contributed by atoms with E-state index >= 15 is 0 Å². The summed E-state index contributed by atoms with van der Waals surface area (Å²) >= 11 is 0. The van der Waals surface area contributed by atoms with Crippen LogP contribution in [0, 0.1) is 10.1 Å². The Morgan fingerprint density at radius 2 is 1.88 bits per heavy atom. The van der Waals surface area contributed by atoms with Crippen molar-refractivity contribution in [2.75, 3.05) is 6.26 Å². The minimum atomic E-state index is -3.75. The molecule has 2 N–H and O–H groups in total. The van der Waals surface area contributed by atoms with Crippen molar-refractivity contribution in [3.8, 4) is 0 Å². The second-order valence-electron chi connectivity index (χ2n) is 6.26. The molecule has 0 radical (unpaired) electrons. The molecule has 0 aliphatic heterocycles. The Morgan fingerprint density at radius 1 is 1.28 bits per heavy atom. The summed E-state index contributed by atoms with van der Waals surface area (Å²) in [5.41, 5.74) is -1.63. The fourth-order valence-corrected chi connectivity index (χ4v) is 3.71. The molecule has 0 atom stereocenters. The van der Waals surface area contributed by atoms with Crippen LogP contribution in [0.15, 0.2) is 23.1 Å². The van der Waals surface area contributed by atoms with Gasteiger partial charge in [0, 0.05) is 24.0 Å². The van der Waals surface area contributed by atoms with Crippen molar-refractivity contribution in [3.63, 3.8) is 0 Å². The van der Waals surface area contributed by atoms with Gasteiger partial charge in [-0.25, -0.2) is 8.42 Å². The van der Waals surface area contributed by atoms with Crippen molar-refractivity contribution in [2.45, 2.75) is 42.5 Å². The Labute approximate surface area is 144 Å². The first kappa shape index (κ1) is 18.8. The SMILES string of the molecule is CS(=O)(=O)c1cc(C(=O)NC2(CC(=O)O)CCCC2)cc([N+](=O)[O-])c1. The largest absolute Gasteiger partial charge is 0.481 e. The molecule has 2 rings (SSSR count). The predicted octanol–water partition coefficient (Wildman–Crippen LogP) is 1.52. The Balaban J connectivity index is 2.39. The number of nitrogens with one attached hydrogen (secondary N) is 1. The van der Waals surface area contributed by atoms with Gasteiger partial charge in [-0.1, -0.05) is 12.8 Å². The highest BCUT2D eigenvalue weighted by Gasteiger charge is 2.38. The van der Waals surface area contributed by atoms with Gasteiger partial charge in [-0.3, -0.25) is 19.7 Å². The zero-order chi connectivity index (χ0) is 18.8. The molecule has 1 aromatic carbocycles. The predicted molar refractivity (Wildman–Crippen MR) is 87.1 cm³/mol. The number of carbonyl (C=O) groups excluding carboxylic acids is 1. The number of hydrogen-bond donors (Lipinski definition) is 2. The molecule has 25 heavy (non-hydrogen) atoms. The van der Waals surface area contributed by atoms with E-state index in [4.69, 9.17) is 5.11 Å². The summed E-state index contributed by atoms with van der Waals surface area (Å²) in [4.78, 5) is 33.5. The molecule has 0 heterocycles. The summed E-state index contributed by atoms with van der Waals surface area (Å²) in [5.74, 6) is -1.78. The number of nitro groups is 1. The Hall–Kier alpha value is -2.49. The van der Waals surface area contributed by atoms with Crippen LogP contribution in [-0.2, 0) is 14.6 Å². The molecule has 0 unspecified atom stereocenters. The lowest BCUT2D eigenvalue weighted by atomic mass is 9.92. The second-order valence-corrected chi connectivity index (χ2v) is 8.27. The van der Waals surface area contributed by atoms with Gasteiger partial charge < -0.3 is 10.4 Å². The molecule has 1 saturated carbocycles. The van der Waals surface area contributed by atoms with Crippen LogP contribution in [0.1, 0.15) is 42.5 Å². The number of aliphatic carboxylic acids is 1. The maximum Gasteiger partial charge on any atom is 0.305 e. The first-order valence-corrected chi connectivity index (χ1v) is 9.45. The van der Waals surface area contributed by atoms with Crippen molar-refractivity contribution in [3.05, 3.63) is 33.9 Å². The van der Waals surface area contributed by atoms with E-state index in [9.17, 15) is 28.1 Å². The molecule has 0 aromatic heterocycles. The summed E-state index contributed by atoms with van der Waals surface area (Å²) in [6, 6.07) is 2.92. The molecular formula is C15H18N2O7S. The number of nitro benzene ring substituents is 1. The molecule has 0 saturated heterocycles. The number of carboxylic acid groups (broad SMARTS) is 1. The third-order valence-corrected chi connectivity index (χ3v) is 5.31. The van der Waals surface area contributed by atoms with Crippen molar-refractivity contribution >= 4 is 27.4 Å². The van der Waals surface area contributed by atoms with E-state index in [0.717, 1.165) is 37.3 Å². The minimum Gasteiger partial charge on any atom is -0.481 e. The highest BCUT2D eigenvalue weighted by Crippen LogP contribution is 2.33. The zero-order valence-electron chi connectivity index (χ0n) is 13.5. The van der Waals surface area contributed by atoms with Crippen LogP contribution in [0.4, 0.5) is 5.69 Å². The fourth-order valence-electron chi connectivity index (χ4n) is 3.03. The van der Waals surface area contributed by atoms with E-state index < -0.39 is 37.9 Å². The van der Waals surface area contributed by atoms with E-state index in [2.05, 4.69) is 5.32 Å². The average molecular weight is 370 g/mol. The molecule has 1 aromatic rings. The monoisotopic (exact) mass is 370 g/mol. The molecule has 1 aliphatic rings. The van der Waals surface area contributed by atoms with Gasteiger partial charge >= 0.3 is 5.97 Å². The first-order chi connectivity index (χ1) is 11.5. The van der Waals surface area contributed by atoms with Crippen molar-refractivity contribution in [2.24, 2.45) is 0 Å². The topological polar surface area (TPSA) is 144 Å². The van der Waals surface area contributed by atoms with Gasteiger partial charge in [0.25, 0.3) is 11.6 Å². The average Bonchev–Trinajstić information content (AvgIpc) is 2.92. The van der Waals surface area contributed by atoms with Gasteiger partial charge in [0.2, 0.25) is 0 Å². The molecular weight excluding hydrogens is 352 g/mol.